The van der Waals surface area contributed by atoms with Crippen LogP contribution in [-0.2, 0) is 11.2 Å². The maximum atomic E-state index is 11.6. The Balaban J connectivity index is 0.00000200. The number of carbonyl (C=O) groups excluding carboxylic acids is 1. The standard InChI is InChI=1S/C14H24N4O.2ClH/c19-14(11-13-7-8-17-18-13)16-10-9-15-12-5-3-1-2-4-6-12;;/h7-8,12,15H,1-6,9-11H2,(H,16,19)(H,17,18);2*1H. The van der Waals surface area contributed by atoms with E-state index in [1.54, 1.807) is 6.20 Å². The first-order chi connectivity index (χ1) is 9.34. The third kappa shape index (κ3) is 8.29. The number of amides is 1. The number of nitrogens with zero attached hydrogens (tertiary/aromatic N) is 1. The van der Waals surface area contributed by atoms with Crippen LogP contribution in [0.5, 0.6) is 0 Å². The molecule has 1 fully saturated rings. The van der Waals surface area contributed by atoms with E-state index in [0.717, 1.165) is 12.2 Å². The molecule has 21 heavy (non-hydrogen) atoms. The van der Waals surface area contributed by atoms with Crippen LogP contribution in [0.4, 0.5) is 0 Å². The fourth-order valence-corrected chi connectivity index (χ4v) is 2.58. The van der Waals surface area contributed by atoms with Crippen LogP contribution in [-0.4, -0.2) is 35.2 Å². The smallest absolute Gasteiger partial charge is 0.226 e. The van der Waals surface area contributed by atoms with E-state index in [0.29, 0.717) is 19.0 Å². The summed E-state index contributed by atoms with van der Waals surface area (Å²) in [6.45, 7) is 1.56. The summed E-state index contributed by atoms with van der Waals surface area (Å²) in [5.41, 5.74) is 0.856. The monoisotopic (exact) mass is 336 g/mol. The minimum Gasteiger partial charge on any atom is -0.354 e. The van der Waals surface area contributed by atoms with Crippen LogP contribution in [0.25, 0.3) is 0 Å². The zero-order valence-electron chi connectivity index (χ0n) is 12.3. The summed E-state index contributed by atoms with van der Waals surface area (Å²) in [4.78, 5) is 11.6. The third-order valence-corrected chi connectivity index (χ3v) is 3.64. The van der Waals surface area contributed by atoms with Gasteiger partial charge in [0.05, 0.1) is 6.42 Å². The molecule has 0 bridgehead atoms. The molecule has 1 saturated carbocycles. The first kappa shape index (κ1) is 20.2. The molecule has 1 aromatic heterocycles. The van der Waals surface area contributed by atoms with Gasteiger partial charge in [-0.3, -0.25) is 9.89 Å². The van der Waals surface area contributed by atoms with Gasteiger partial charge in [-0.25, -0.2) is 0 Å². The van der Waals surface area contributed by atoms with Crippen molar-refractivity contribution in [2.45, 2.75) is 51.0 Å². The third-order valence-electron chi connectivity index (χ3n) is 3.64. The summed E-state index contributed by atoms with van der Waals surface area (Å²) < 4.78 is 0. The van der Waals surface area contributed by atoms with Gasteiger partial charge in [0.2, 0.25) is 5.91 Å². The second-order valence-electron chi connectivity index (χ2n) is 5.25. The molecular formula is C14H26Cl2N4O. The number of hydrogen-bond donors (Lipinski definition) is 3. The van der Waals surface area contributed by atoms with Crippen molar-refractivity contribution in [1.82, 2.24) is 20.8 Å². The molecule has 1 amide bonds. The van der Waals surface area contributed by atoms with Crippen molar-refractivity contribution in [3.05, 3.63) is 18.0 Å². The van der Waals surface area contributed by atoms with Gasteiger partial charge < -0.3 is 10.6 Å². The van der Waals surface area contributed by atoms with Crippen molar-refractivity contribution < 1.29 is 4.79 Å². The van der Waals surface area contributed by atoms with Crippen molar-refractivity contribution in [3.8, 4) is 0 Å². The number of rotatable bonds is 6. The van der Waals surface area contributed by atoms with Crippen molar-refractivity contribution in [1.29, 1.82) is 0 Å². The van der Waals surface area contributed by atoms with E-state index in [-0.39, 0.29) is 30.7 Å². The summed E-state index contributed by atoms with van der Waals surface area (Å²) in [5, 5.41) is 13.1. The second-order valence-corrected chi connectivity index (χ2v) is 5.25. The lowest BCUT2D eigenvalue weighted by Crippen LogP contribution is -2.37. The Labute approximate surface area is 138 Å². The molecule has 1 heterocycles. The number of aromatic nitrogens is 2. The van der Waals surface area contributed by atoms with Crippen LogP contribution >= 0.6 is 24.8 Å². The molecule has 3 N–H and O–H groups in total. The molecule has 0 saturated heterocycles. The average Bonchev–Trinajstić information content (AvgIpc) is 2.76. The molecular weight excluding hydrogens is 311 g/mol. The van der Waals surface area contributed by atoms with Crippen LogP contribution in [0.2, 0.25) is 0 Å². The van der Waals surface area contributed by atoms with Crippen LogP contribution in [0, 0.1) is 0 Å². The lowest BCUT2D eigenvalue weighted by molar-refractivity contribution is -0.120. The highest BCUT2D eigenvalue weighted by Crippen LogP contribution is 2.16. The van der Waals surface area contributed by atoms with Gasteiger partial charge in [-0.05, 0) is 18.9 Å². The van der Waals surface area contributed by atoms with Crippen molar-refractivity contribution in [2.24, 2.45) is 0 Å². The van der Waals surface area contributed by atoms with E-state index in [1.165, 1.54) is 38.5 Å². The number of H-pyrrole nitrogens is 1. The molecule has 0 aliphatic heterocycles. The Morgan fingerprint density at radius 3 is 2.52 bits per heavy atom. The summed E-state index contributed by atoms with van der Waals surface area (Å²) in [6, 6.07) is 2.47. The second kappa shape index (κ2) is 11.8. The highest BCUT2D eigenvalue weighted by molar-refractivity contribution is 5.85. The van der Waals surface area contributed by atoms with Crippen molar-refractivity contribution in [3.63, 3.8) is 0 Å². The minimum atomic E-state index is 0. The van der Waals surface area contributed by atoms with Crippen LogP contribution < -0.4 is 10.6 Å². The van der Waals surface area contributed by atoms with Gasteiger partial charge in [0.1, 0.15) is 0 Å². The lowest BCUT2D eigenvalue weighted by atomic mass is 10.1. The van der Waals surface area contributed by atoms with Gasteiger partial charge in [-0.15, -0.1) is 24.8 Å². The van der Waals surface area contributed by atoms with Crippen LogP contribution in [0.3, 0.4) is 0 Å². The summed E-state index contributed by atoms with van der Waals surface area (Å²) in [5.74, 6) is 0.0481. The molecule has 1 aliphatic carbocycles. The van der Waals surface area contributed by atoms with Crippen molar-refractivity contribution >= 4 is 30.7 Å². The SMILES string of the molecule is Cl.Cl.O=C(Cc1ccn[nH]1)NCCNC1CCCCCC1. The van der Waals surface area contributed by atoms with Gasteiger partial charge >= 0.3 is 0 Å². The summed E-state index contributed by atoms with van der Waals surface area (Å²) in [6.07, 6.45) is 10.0. The Morgan fingerprint density at radius 1 is 1.19 bits per heavy atom. The highest BCUT2D eigenvalue weighted by atomic mass is 35.5. The fraction of sp³-hybridized carbons (Fsp3) is 0.714. The fourth-order valence-electron chi connectivity index (χ4n) is 2.58. The molecule has 0 spiro atoms. The maximum Gasteiger partial charge on any atom is 0.226 e. The molecule has 0 aromatic carbocycles. The van der Waals surface area contributed by atoms with E-state index in [2.05, 4.69) is 20.8 Å². The van der Waals surface area contributed by atoms with Gasteiger partial charge in [-0.2, -0.15) is 5.10 Å². The predicted molar refractivity (Wildman–Crippen MR) is 89.3 cm³/mol. The first-order valence-corrected chi connectivity index (χ1v) is 7.33. The van der Waals surface area contributed by atoms with Crippen LogP contribution in [0.15, 0.2) is 12.3 Å². The number of nitrogens with one attached hydrogen (secondary N) is 3. The largest absolute Gasteiger partial charge is 0.354 e. The molecule has 2 rings (SSSR count). The minimum absolute atomic E-state index is 0. The van der Waals surface area contributed by atoms with E-state index in [1.807, 2.05) is 6.07 Å². The van der Waals surface area contributed by atoms with Gasteiger partial charge in [-0.1, -0.05) is 25.7 Å². The molecule has 1 aromatic rings. The van der Waals surface area contributed by atoms with E-state index < -0.39 is 0 Å². The Morgan fingerprint density at radius 2 is 1.90 bits per heavy atom. The van der Waals surface area contributed by atoms with Gasteiger partial charge in [0.15, 0.2) is 0 Å². The number of hydrogen-bond acceptors (Lipinski definition) is 3. The predicted octanol–water partition coefficient (Wildman–Crippen LogP) is 2.22. The molecule has 0 unspecified atom stereocenters. The zero-order chi connectivity index (χ0) is 13.3. The molecule has 7 heteroatoms. The Kier molecular flexibility index (Phi) is 11.4. The summed E-state index contributed by atoms with van der Waals surface area (Å²) in [7, 11) is 0. The summed E-state index contributed by atoms with van der Waals surface area (Å²) >= 11 is 0. The molecule has 5 nitrogen and oxygen atoms in total. The van der Waals surface area contributed by atoms with Crippen LogP contribution in [0.1, 0.15) is 44.2 Å². The highest BCUT2D eigenvalue weighted by Gasteiger charge is 2.11. The number of aromatic amines is 1. The average molecular weight is 337 g/mol. The molecule has 122 valence electrons. The molecule has 1 aliphatic rings. The Bertz CT molecular complexity index is 365. The molecule has 0 atom stereocenters. The maximum absolute atomic E-state index is 11.6. The van der Waals surface area contributed by atoms with Crippen molar-refractivity contribution in [2.75, 3.05) is 13.1 Å². The zero-order valence-corrected chi connectivity index (χ0v) is 13.9. The first-order valence-electron chi connectivity index (χ1n) is 7.33. The van der Waals surface area contributed by atoms with E-state index in [4.69, 9.17) is 0 Å². The van der Waals surface area contributed by atoms with E-state index >= 15 is 0 Å². The Hall–Kier alpha value is -0.780. The number of halogens is 2. The quantitative estimate of drug-likeness (QED) is 0.551. The number of carbonyl (C=O) groups is 1. The van der Waals surface area contributed by atoms with Gasteiger partial charge in [0, 0.05) is 31.0 Å². The topological polar surface area (TPSA) is 69.8 Å². The lowest BCUT2D eigenvalue weighted by Gasteiger charge is -2.16. The normalized spacial score (nSPS) is 15.4. The van der Waals surface area contributed by atoms with Gasteiger partial charge in [0.25, 0.3) is 0 Å². The molecule has 0 radical (unpaired) electrons. The van der Waals surface area contributed by atoms with E-state index in [9.17, 15) is 4.79 Å².